The Morgan fingerprint density at radius 3 is 2.41 bits per heavy atom. The molecule has 0 aromatic carbocycles. The van der Waals surface area contributed by atoms with Crippen molar-refractivity contribution < 1.29 is 0 Å². The van der Waals surface area contributed by atoms with Crippen molar-refractivity contribution in [2.75, 3.05) is 5.73 Å². The van der Waals surface area contributed by atoms with Gasteiger partial charge in [-0.15, -0.1) is 0 Å². The lowest BCUT2D eigenvalue weighted by Gasteiger charge is -2.27. The maximum absolute atomic E-state index is 5.68. The highest BCUT2D eigenvalue weighted by atomic mass is 15.1. The smallest absolute Gasteiger partial charge is 0.223 e. The molecule has 0 unspecified atom stereocenters. The molecular formula is C13H22N4. The molecule has 1 fully saturated rings. The Kier molecular flexibility index (Phi) is 3.92. The SMILES string of the molecule is CCCC1CCC(c2nc(C)nc(N)n2)CC1. The normalized spacial score (nSPS) is 24.8. The van der Waals surface area contributed by atoms with Crippen molar-refractivity contribution in [3.05, 3.63) is 11.6 Å². The third kappa shape index (κ3) is 3.14. The van der Waals surface area contributed by atoms with Crippen molar-refractivity contribution in [1.29, 1.82) is 0 Å². The average molecular weight is 234 g/mol. The van der Waals surface area contributed by atoms with Gasteiger partial charge in [0.1, 0.15) is 11.6 Å². The number of aryl methyl sites for hydroxylation is 1. The molecule has 0 spiro atoms. The number of nitrogens with two attached hydrogens (primary N) is 1. The number of aromatic nitrogens is 3. The number of hydrogen-bond acceptors (Lipinski definition) is 4. The van der Waals surface area contributed by atoms with Gasteiger partial charge < -0.3 is 5.73 Å². The van der Waals surface area contributed by atoms with E-state index in [1.807, 2.05) is 6.92 Å². The van der Waals surface area contributed by atoms with E-state index in [4.69, 9.17) is 5.73 Å². The largest absolute Gasteiger partial charge is 0.368 e. The summed E-state index contributed by atoms with van der Waals surface area (Å²) in [6.45, 7) is 4.15. The summed E-state index contributed by atoms with van der Waals surface area (Å²) in [7, 11) is 0. The van der Waals surface area contributed by atoms with Gasteiger partial charge in [0.2, 0.25) is 5.95 Å². The van der Waals surface area contributed by atoms with Crippen LogP contribution in [0.1, 0.15) is 63.0 Å². The molecule has 1 aromatic rings. The predicted molar refractivity (Wildman–Crippen MR) is 68.6 cm³/mol. The van der Waals surface area contributed by atoms with Gasteiger partial charge >= 0.3 is 0 Å². The molecule has 94 valence electrons. The first-order valence-electron chi connectivity index (χ1n) is 6.67. The van der Waals surface area contributed by atoms with Gasteiger partial charge in [-0.05, 0) is 38.5 Å². The highest BCUT2D eigenvalue weighted by molar-refractivity contribution is 5.17. The van der Waals surface area contributed by atoms with E-state index >= 15 is 0 Å². The highest BCUT2D eigenvalue weighted by Crippen LogP contribution is 2.36. The minimum atomic E-state index is 0.364. The van der Waals surface area contributed by atoms with Crippen LogP contribution in [-0.4, -0.2) is 15.0 Å². The fraction of sp³-hybridized carbons (Fsp3) is 0.769. The number of anilines is 1. The maximum Gasteiger partial charge on any atom is 0.223 e. The molecule has 4 nitrogen and oxygen atoms in total. The molecule has 0 saturated heterocycles. The summed E-state index contributed by atoms with van der Waals surface area (Å²) in [5.74, 6) is 3.42. The van der Waals surface area contributed by atoms with Crippen LogP contribution in [0.15, 0.2) is 0 Å². The summed E-state index contributed by atoms with van der Waals surface area (Å²) in [5, 5.41) is 0. The zero-order valence-corrected chi connectivity index (χ0v) is 10.8. The molecule has 2 N–H and O–H groups in total. The molecule has 0 radical (unpaired) electrons. The topological polar surface area (TPSA) is 64.7 Å². The van der Waals surface area contributed by atoms with Gasteiger partial charge in [0.05, 0.1) is 0 Å². The van der Waals surface area contributed by atoms with Crippen molar-refractivity contribution in [2.24, 2.45) is 5.92 Å². The Morgan fingerprint density at radius 1 is 1.12 bits per heavy atom. The lowest BCUT2D eigenvalue weighted by atomic mass is 9.80. The molecule has 0 atom stereocenters. The van der Waals surface area contributed by atoms with E-state index in [2.05, 4.69) is 21.9 Å². The molecule has 1 aromatic heterocycles. The first kappa shape index (κ1) is 12.3. The molecule has 1 aliphatic carbocycles. The molecule has 17 heavy (non-hydrogen) atoms. The Hall–Kier alpha value is -1.19. The molecule has 0 bridgehead atoms. The second-order valence-corrected chi connectivity index (χ2v) is 5.11. The van der Waals surface area contributed by atoms with Crippen LogP contribution < -0.4 is 5.73 Å². The summed E-state index contributed by atoms with van der Waals surface area (Å²) >= 11 is 0. The van der Waals surface area contributed by atoms with Crippen LogP contribution >= 0.6 is 0 Å². The summed E-state index contributed by atoms with van der Waals surface area (Å²) in [5.41, 5.74) is 5.68. The van der Waals surface area contributed by atoms with Gasteiger partial charge in [0, 0.05) is 5.92 Å². The lowest BCUT2D eigenvalue weighted by Crippen LogP contribution is -2.16. The fourth-order valence-corrected chi connectivity index (χ4v) is 2.82. The van der Waals surface area contributed by atoms with Gasteiger partial charge in [0.15, 0.2) is 0 Å². The van der Waals surface area contributed by atoms with Crippen LogP contribution in [0.25, 0.3) is 0 Å². The zero-order chi connectivity index (χ0) is 12.3. The van der Waals surface area contributed by atoms with Crippen LogP contribution in [0.3, 0.4) is 0 Å². The molecular weight excluding hydrogens is 212 g/mol. The van der Waals surface area contributed by atoms with Crippen LogP contribution in [-0.2, 0) is 0 Å². The van der Waals surface area contributed by atoms with Gasteiger partial charge in [0.25, 0.3) is 0 Å². The zero-order valence-electron chi connectivity index (χ0n) is 10.8. The van der Waals surface area contributed by atoms with Gasteiger partial charge in [-0.3, -0.25) is 0 Å². The maximum atomic E-state index is 5.68. The number of nitrogen functional groups attached to an aromatic ring is 1. The van der Waals surface area contributed by atoms with E-state index in [0.29, 0.717) is 11.9 Å². The van der Waals surface area contributed by atoms with Crippen LogP contribution in [0.2, 0.25) is 0 Å². The Morgan fingerprint density at radius 2 is 1.82 bits per heavy atom. The summed E-state index contributed by atoms with van der Waals surface area (Å²) < 4.78 is 0. The highest BCUT2D eigenvalue weighted by Gasteiger charge is 2.24. The third-order valence-electron chi connectivity index (χ3n) is 3.69. The lowest BCUT2D eigenvalue weighted by molar-refractivity contribution is 0.302. The molecule has 1 saturated carbocycles. The summed E-state index contributed by atoms with van der Waals surface area (Å²) in [4.78, 5) is 12.7. The Labute approximate surface area is 103 Å². The number of hydrogen-bond donors (Lipinski definition) is 1. The van der Waals surface area contributed by atoms with E-state index in [1.54, 1.807) is 0 Å². The predicted octanol–water partition coefficient (Wildman–Crippen LogP) is 2.84. The van der Waals surface area contributed by atoms with Crippen LogP contribution in [0.5, 0.6) is 0 Å². The van der Waals surface area contributed by atoms with E-state index in [1.165, 1.54) is 38.5 Å². The molecule has 0 aliphatic heterocycles. The Balaban J connectivity index is 2.00. The summed E-state index contributed by atoms with van der Waals surface area (Å²) in [6, 6.07) is 0. The second kappa shape index (κ2) is 5.43. The van der Waals surface area contributed by atoms with E-state index in [9.17, 15) is 0 Å². The van der Waals surface area contributed by atoms with E-state index in [0.717, 1.165) is 17.6 Å². The first-order valence-corrected chi connectivity index (χ1v) is 6.67. The molecule has 1 aliphatic rings. The number of nitrogens with zero attached hydrogens (tertiary/aromatic N) is 3. The minimum absolute atomic E-state index is 0.364. The van der Waals surface area contributed by atoms with Crippen molar-refractivity contribution in [3.8, 4) is 0 Å². The monoisotopic (exact) mass is 234 g/mol. The molecule has 4 heteroatoms. The third-order valence-corrected chi connectivity index (χ3v) is 3.69. The van der Waals surface area contributed by atoms with Gasteiger partial charge in [-0.2, -0.15) is 9.97 Å². The molecule has 0 amide bonds. The van der Waals surface area contributed by atoms with Crippen LogP contribution in [0.4, 0.5) is 5.95 Å². The second-order valence-electron chi connectivity index (χ2n) is 5.11. The van der Waals surface area contributed by atoms with Gasteiger partial charge in [-0.25, -0.2) is 4.98 Å². The Bertz CT molecular complexity index is 349. The number of rotatable bonds is 3. The first-order chi connectivity index (χ1) is 8.19. The van der Waals surface area contributed by atoms with Gasteiger partial charge in [-0.1, -0.05) is 19.8 Å². The standard InChI is InChI=1S/C13H22N4/c1-3-4-10-5-7-11(8-6-10)12-15-9(2)16-13(14)17-12/h10-11H,3-8H2,1-2H3,(H2,14,15,16,17). The van der Waals surface area contributed by atoms with Crippen molar-refractivity contribution in [2.45, 2.75) is 58.3 Å². The molecule has 2 rings (SSSR count). The fourth-order valence-electron chi connectivity index (χ4n) is 2.82. The van der Waals surface area contributed by atoms with Crippen molar-refractivity contribution >= 4 is 5.95 Å². The van der Waals surface area contributed by atoms with Crippen LogP contribution in [0, 0.1) is 12.8 Å². The average Bonchev–Trinajstić information content (AvgIpc) is 2.29. The van der Waals surface area contributed by atoms with Crippen molar-refractivity contribution in [1.82, 2.24) is 15.0 Å². The van der Waals surface area contributed by atoms with E-state index < -0.39 is 0 Å². The molecule has 1 heterocycles. The minimum Gasteiger partial charge on any atom is -0.368 e. The van der Waals surface area contributed by atoms with E-state index in [-0.39, 0.29) is 0 Å². The summed E-state index contributed by atoms with van der Waals surface area (Å²) in [6.07, 6.45) is 7.69. The quantitative estimate of drug-likeness (QED) is 0.873. The van der Waals surface area contributed by atoms with Crippen molar-refractivity contribution in [3.63, 3.8) is 0 Å².